The number of hydrogen-bond acceptors (Lipinski definition) is 3. The topological polar surface area (TPSA) is 32.7 Å². The molecule has 1 aliphatic heterocycles. The molecular formula is C10H21NO2. The Labute approximate surface area is 80.7 Å². The molecule has 0 spiro atoms. The number of nitrogens with zero attached hydrogens (tertiary/aromatic N) is 1. The third kappa shape index (κ3) is 4.07. The van der Waals surface area contributed by atoms with Crippen molar-refractivity contribution in [3.8, 4) is 0 Å². The number of piperidine rings is 1. The smallest absolute Gasteiger partial charge is 0.0698 e. The largest absolute Gasteiger partial charge is 0.394 e. The Morgan fingerprint density at radius 2 is 2.23 bits per heavy atom. The van der Waals surface area contributed by atoms with E-state index in [1.807, 2.05) is 0 Å². The Kier molecular flexibility index (Phi) is 5.35. The van der Waals surface area contributed by atoms with Crippen LogP contribution >= 0.6 is 0 Å². The van der Waals surface area contributed by atoms with Crippen molar-refractivity contribution in [3.05, 3.63) is 0 Å². The van der Waals surface area contributed by atoms with Crippen LogP contribution < -0.4 is 0 Å². The number of likely N-dealkylation sites (tertiary alicyclic amines) is 1. The highest BCUT2D eigenvalue weighted by atomic mass is 16.5. The predicted molar refractivity (Wildman–Crippen MR) is 52.8 cm³/mol. The molecule has 0 amide bonds. The first-order valence-electron chi connectivity index (χ1n) is 5.27. The average Bonchev–Trinajstić information content (AvgIpc) is 2.15. The zero-order valence-corrected chi connectivity index (χ0v) is 8.54. The van der Waals surface area contributed by atoms with Crippen LogP contribution in [0.15, 0.2) is 0 Å². The number of rotatable bonds is 5. The summed E-state index contributed by atoms with van der Waals surface area (Å²) in [6.07, 6.45) is 4.01. The van der Waals surface area contributed by atoms with Crippen LogP contribution in [-0.4, -0.2) is 49.0 Å². The summed E-state index contributed by atoms with van der Waals surface area (Å²) in [5.41, 5.74) is 0. The van der Waals surface area contributed by atoms with Crippen LogP contribution in [0, 0.1) is 0 Å². The maximum absolute atomic E-state index is 8.52. The molecule has 1 aliphatic rings. The van der Waals surface area contributed by atoms with Crippen LogP contribution in [0.5, 0.6) is 0 Å². The Morgan fingerprint density at radius 1 is 1.38 bits per heavy atom. The molecule has 0 aromatic carbocycles. The van der Waals surface area contributed by atoms with E-state index in [0.717, 1.165) is 13.2 Å². The molecule has 0 aromatic heterocycles. The summed E-state index contributed by atoms with van der Waals surface area (Å²) in [6.45, 7) is 5.87. The second-order valence-electron chi connectivity index (χ2n) is 3.72. The molecule has 0 aromatic rings. The van der Waals surface area contributed by atoms with Crippen molar-refractivity contribution in [1.82, 2.24) is 4.90 Å². The lowest BCUT2D eigenvalue weighted by Crippen LogP contribution is -2.39. The highest BCUT2D eigenvalue weighted by Crippen LogP contribution is 2.15. The zero-order chi connectivity index (χ0) is 9.52. The van der Waals surface area contributed by atoms with Crippen molar-refractivity contribution in [2.24, 2.45) is 0 Å². The third-order valence-corrected chi connectivity index (χ3v) is 2.70. The summed E-state index contributed by atoms with van der Waals surface area (Å²) in [4.78, 5) is 2.47. The van der Waals surface area contributed by atoms with Gasteiger partial charge < -0.3 is 9.84 Å². The van der Waals surface area contributed by atoms with E-state index in [9.17, 15) is 0 Å². The molecule has 0 aliphatic carbocycles. The fraction of sp³-hybridized carbons (Fsp3) is 1.00. The SMILES string of the molecule is CC1CCCCN1CCOCCO. The maximum Gasteiger partial charge on any atom is 0.0698 e. The lowest BCUT2D eigenvalue weighted by molar-refractivity contribution is 0.0567. The first kappa shape index (κ1) is 11.0. The predicted octanol–water partition coefficient (Wildman–Crippen LogP) is 0.870. The molecule has 13 heavy (non-hydrogen) atoms. The van der Waals surface area contributed by atoms with Crippen LogP contribution in [0.25, 0.3) is 0 Å². The Hall–Kier alpha value is -0.120. The Balaban J connectivity index is 2.05. The van der Waals surface area contributed by atoms with Crippen molar-refractivity contribution < 1.29 is 9.84 Å². The maximum atomic E-state index is 8.52. The van der Waals surface area contributed by atoms with Gasteiger partial charge in [-0.1, -0.05) is 6.42 Å². The molecule has 1 atom stereocenters. The van der Waals surface area contributed by atoms with Gasteiger partial charge in [-0.3, -0.25) is 4.90 Å². The van der Waals surface area contributed by atoms with E-state index in [1.54, 1.807) is 0 Å². The number of ether oxygens (including phenoxy) is 1. The minimum atomic E-state index is 0.134. The van der Waals surface area contributed by atoms with Crippen LogP contribution in [0.1, 0.15) is 26.2 Å². The van der Waals surface area contributed by atoms with Crippen molar-refractivity contribution >= 4 is 0 Å². The summed E-state index contributed by atoms with van der Waals surface area (Å²) < 4.78 is 5.24. The molecule has 0 bridgehead atoms. The summed E-state index contributed by atoms with van der Waals surface area (Å²) in [6, 6.07) is 0.714. The van der Waals surface area contributed by atoms with Gasteiger partial charge >= 0.3 is 0 Å². The van der Waals surface area contributed by atoms with Crippen LogP contribution in [0.3, 0.4) is 0 Å². The van der Waals surface area contributed by atoms with E-state index in [1.165, 1.54) is 25.8 Å². The van der Waals surface area contributed by atoms with Crippen molar-refractivity contribution in [2.75, 3.05) is 32.9 Å². The monoisotopic (exact) mass is 187 g/mol. The van der Waals surface area contributed by atoms with Crippen molar-refractivity contribution in [3.63, 3.8) is 0 Å². The summed E-state index contributed by atoms with van der Waals surface area (Å²) in [5, 5.41) is 8.52. The lowest BCUT2D eigenvalue weighted by Gasteiger charge is -2.33. The number of hydrogen-bond donors (Lipinski definition) is 1. The molecule has 3 heteroatoms. The zero-order valence-electron chi connectivity index (χ0n) is 8.54. The molecule has 0 saturated carbocycles. The molecule has 0 radical (unpaired) electrons. The van der Waals surface area contributed by atoms with Crippen LogP contribution in [0.2, 0.25) is 0 Å². The van der Waals surface area contributed by atoms with E-state index in [-0.39, 0.29) is 6.61 Å². The van der Waals surface area contributed by atoms with Gasteiger partial charge in [0.2, 0.25) is 0 Å². The standard InChI is InChI=1S/C10H21NO2/c1-10-4-2-3-5-11(10)6-8-13-9-7-12/h10,12H,2-9H2,1H3. The van der Waals surface area contributed by atoms with Gasteiger partial charge in [-0.05, 0) is 26.3 Å². The molecule has 1 rings (SSSR count). The number of aliphatic hydroxyl groups is 1. The van der Waals surface area contributed by atoms with Crippen LogP contribution in [-0.2, 0) is 4.74 Å². The van der Waals surface area contributed by atoms with Gasteiger partial charge in [-0.15, -0.1) is 0 Å². The lowest BCUT2D eigenvalue weighted by atomic mass is 10.0. The van der Waals surface area contributed by atoms with Gasteiger partial charge in [-0.2, -0.15) is 0 Å². The normalized spacial score (nSPS) is 24.9. The molecular weight excluding hydrogens is 166 g/mol. The van der Waals surface area contributed by atoms with Crippen molar-refractivity contribution in [1.29, 1.82) is 0 Å². The highest BCUT2D eigenvalue weighted by molar-refractivity contribution is 4.72. The highest BCUT2D eigenvalue weighted by Gasteiger charge is 2.16. The van der Waals surface area contributed by atoms with Gasteiger partial charge in [-0.25, -0.2) is 0 Å². The molecule has 1 fully saturated rings. The number of aliphatic hydroxyl groups excluding tert-OH is 1. The average molecular weight is 187 g/mol. The molecule has 1 unspecified atom stereocenters. The van der Waals surface area contributed by atoms with E-state index in [0.29, 0.717) is 12.6 Å². The minimum absolute atomic E-state index is 0.134. The third-order valence-electron chi connectivity index (χ3n) is 2.70. The molecule has 1 N–H and O–H groups in total. The van der Waals surface area contributed by atoms with E-state index < -0.39 is 0 Å². The van der Waals surface area contributed by atoms with Gasteiger partial charge in [0.25, 0.3) is 0 Å². The Bertz CT molecular complexity index is 130. The van der Waals surface area contributed by atoms with Crippen LogP contribution in [0.4, 0.5) is 0 Å². The molecule has 1 heterocycles. The quantitative estimate of drug-likeness (QED) is 0.648. The fourth-order valence-electron chi connectivity index (χ4n) is 1.84. The van der Waals surface area contributed by atoms with E-state index >= 15 is 0 Å². The van der Waals surface area contributed by atoms with Gasteiger partial charge in [0.05, 0.1) is 19.8 Å². The summed E-state index contributed by atoms with van der Waals surface area (Å²) in [5.74, 6) is 0. The second-order valence-corrected chi connectivity index (χ2v) is 3.72. The van der Waals surface area contributed by atoms with E-state index in [4.69, 9.17) is 9.84 Å². The molecule has 1 saturated heterocycles. The second kappa shape index (κ2) is 6.35. The summed E-state index contributed by atoms with van der Waals surface area (Å²) >= 11 is 0. The first-order chi connectivity index (χ1) is 6.34. The van der Waals surface area contributed by atoms with Gasteiger partial charge in [0, 0.05) is 12.6 Å². The van der Waals surface area contributed by atoms with Gasteiger partial charge in [0.1, 0.15) is 0 Å². The minimum Gasteiger partial charge on any atom is -0.394 e. The Morgan fingerprint density at radius 3 is 2.92 bits per heavy atom. The summed E-state index contributed by atoms with van der Waals surface area (Å²) in [7, 11) is 0. The van der Waals surface area contributed by atoms with E-state index in [2.05, 4.69) is 11.8 Å². The molecule has 78 valence electrons. The first-order valence-corrected chi connectivity index (χ1v) is 5.27. The van der Waals surface area contributed by atoms with Gasteiger partial charge in [0.15, 0.2) is 0 Å². The van der Waals surface area contributed by atoms with Crippen molar-refractivity contribution in [2.45, 2.75) is 32.2 Å². The fourth-order valence-corrected chi connectivity index (χ4v) is 1.84. The molecule has 3 nitrogen and oxygen atoms in total.